The van der Waals surface area contributed by atoms with Crippen LogP contribution in [0, 0.1) is 10.1 Å². The molecule has 3 aromatic carbocycles. The Morgan fingerprint density at radius 3 is 2.61 bits per heavy atom. The SMILES string of the molecule is CC(C)c1nc2ccc(Br)cc2c(=O)n1N=Cc1cc(Br)cc([N+](=O)[O-])c1OCc1ccccc1Cl. The second-order valence-electron chi connectivity index (χ2n) is 8.13. The van der Waals surface area contributed by atoms with Crippen molar-refractivity contribution in [3.05, 3.63) is 106 Å². The molecule has 1 heterocycles. The van der Waals surface area contributed by atoms with Crippen LogP contribution in [-0.2, 0) is 6.61 Å². The molecule has 0 saturated heterocycles. The van der Waals surface area contributed by atoms with Crippen molar-refractivity contribution >= 4 is 66.3 Å². The summed E-state index contributed by atoms with van der Waals surface area (Å²) < 4.78 is 8.29. The first kappa shape index (κ1) is 26.0. The molecule has 0 radical (unpaired) electrons. The topological polar surface area (TPSA) is 99.6 Å². The minimum absolute atomic E-state index is 0.00232. The van der Waals surface area contributed by atoms with E-state index < -0.39 is 4.92 Å². The van der Waals surface area contributed by atoms with Crippen molar-refractivity contribution in [1.29, 1.82) is 0 Å². The van der Waals surface area contributed by atoms with Gasteiger partial charge in [-0.05, 0) is 30.3 Å². The summed E-state index contributed by atoms with van der Waals surface area (Å²) in [6, 6.07) is 15.3. The molecule has 0 aliphatic carbocycles. The van der Waals surface area contributed by atoms with Gasteiger partial charge in [-0.25, -0.2) is 4.98 Å². The summed E-state index contributed by atoms with van der Waals surface area (Å²) in [4.78, 5) is 29.2. The zero-order valence-electron chi connectivity index (χ0n) is 19.1. The number of nitrogens with zero attached hydrogens (tertiary/aromatic N) is 4. The van der Waals surface area contributed by atoms with Crippen LogP contribution in [-0.4, -0.2) is 20.8 Å². The van der Waals surface area contributed by atoms with Crippen molar-refractivity contribution in [2.75, 3.05) is 0 Å². The molecule has 0 fully saturated rings. The molecule has 1 aromatic heterocycles. The summed E-state index contributed by atoms with van der Waals surface area (Å²) >= 11 is 12.9. The Kier molecular flexibility index (Phi) is 7.87. The maximum absolute atomic E-state index is 13.3. The lowest BCUT2D eigenvalue weighted by Gasteiger charge is -2.13. The van der Waals surface area contributed by atoms with Crippen LogP contribution in [0.1, 0.15) is 36.7 Å². The number of aromatic nitrogens is 2. The van der Waals surface area contributed by atoms with Gasteiger partial charge < -0.3 is 4.74 Å². The Morgan fingerprint density at radius 2 is 1.92 bits per heavy atom. The fourth-order valence-electron chi connectivity index (χ4n) is 3.53. The second kappa shape index (κ2) is 10.9. The molecular formula is C25H19Br2ClN4O4. The van der Waals surface area contributed by atoms with Crippen LogP contribution in [0.2, 0.25) is 5.02 Å². The lowest BCUT2D eigenvalue weighted by molar-refractivity contribution is -0.386. The lowest BCUT2D eigenvalue weighted by Crippen LogP contribution is -2.23. The molecule has 36 heavy (non-hydrogen) atoms. The summed E-state index contributed by atoms with van der Waals surface area (Å²) in [7, 11) is 0. The predicted octanol–water partition coefficient (Wildman–Crippen LogP) is 7.07. The minimum atomic E-state index is -0.537. The molecule has 4 rings (SSSR count). The molecule has 0 atom stereocenters. The molecule has 0 N–H and O–H groups in total. The van der Waals surface area contributed by atoms with Gasteiger partial charge in [0.2, 0.25) is 5.75 Å². The van der Waals surface area contributed by atoms with Gasteiger partial charge in [-0.3, -0.25) is 14.9 Å². The Morgan fingerprint density at radius 1 is 1.17 bits per heavy atom. The molecule has 0 aliphatic rings. The van der Waals surface area contributed by atoms with Crippen LogP contribution >= 0.6 is 43.5 Å². The first-order valence-electron chi connectivity index (χ1n) is 10.8. The van der Waals surface area contributed by atoms with Crippen LogP contribution in [0.5, 0.6) is 5.75 Å². The van der Waals surface area contributed by atoms with Crippen molar-refractivity contribution in [2.45, 2.75) is 26.4 Å². The predicted molar refractivity (Wildman–Crippen MR) is 147 cm³/mol. The van der Waals surface area contributed by atoms with E-state index >= 15 is 0 Å². The van der Waals surface area contributed by atoms with E-state index in [-0.39, 0.29) is 29.5 Å². The molecule has 0 amide bonds. The second-order valence-corrected chi connectivity index (χ2v) is 10.4. The van der Waals surface area contributed by atoms with Gasteiger partial charge in [0.25, 0.3) is 5.56 Å². The number of benzene rings is 3. The normalized spacial score (nSPS) is 11.5. The number of nitro benzene ring substituents is 1. The number of rotatable bonds is 7. The average Bonchev–Trinajstić information content (AvgIpc) is 2.83. The summed E-state index contributed by atoms with van der Waals surface area (Å²) in [5, 5.41) is 17.1. The van der Waals surface area contributed by atoms with Gasteiger partial charge in [-0.2, -0.15) is 9.78 Å². The quantitative estimate of drug-likeness (QED) is 0.123. The summed E-state index contributed by atoms with van der Waals surface area (Å²) in [5.74, 6) is 0.340. The standard InChI is InChI=1S/C25H19Br2ClN4O4/c1-14(2)24-30-21-8-7-17(26)10-19(21)25(33)31(24)29-12-16-9-18(27)11-22(32(34)35)23(16)36-13-15-5-3-4-6-20(15)28/h3-12,14H,13H2,1-2H3. The molecule has 0 spiro atoms. The van der Waals surface area contributed by atoms with Gasteiger partial charge in [-0.1, -0.05) is 75.5 Å². The number of nitro groups is 1. The monoisotopic (exact) mass is 632 g/mol. The molecule has 8 nitrogen and oxygen atoms in total. The first-order valence-corrected chi connectivity index (χ1v) is 12.7. The Labute approximate surface area is 228 Å². The van der Waals surface area contributed by atoms with Crippen molar-refractivity contribution in [1.82, 2.24) is 9.66 Å². The van der Waals surface area contributed by atoms with Crippen molar-refractivity contribution in [3.8, 4) is 5.75 Å². The number of hydrogen-bond donors (Lipinski definition) is 0. The van der Waals surface area contributed by atoms with E-state index in [2.05, 4.69) is 41.9 Å². The van der Waals surface area contributed by atoms with Crippen molar-refractivity contribution < 1.29 is 9.66 Å². The third-order valence-corrected chi connectivity index (χ3v) is 6.57. The molecule has 0 aliphatic heterocycles. The van der Waals surface area contributed by atoms with Gasteiger partial charge >= 0.3 is 5.69 Å². The smallest absolute Gasteiger partial charge is 0.312 e. The zero-order chi connectivity index (χ0) is 26.0. The highest BCUT2D eigenvalue weighted by Crippen LogP contribution is 2.35. The van der Waals surface area contributed by atoms with Gasteiger partial charge in [0.05, 0.1) is 22.0 Å². The number of halogens is 3. The van der Waals surface area contributed by atoms with Gasteiger partial charge in [0.1, 0.15) is 12.4 Å². The number of fused-ring (bicyclic) bond motifs is 1. The molecule has 11 heteroatoms. The highest BCUT2D eigenvalue weighted by Gasteiger charge is 2.21. The zero-order valence-corrected chi connectivity index (χ0v) is 23.0. The third-order valence-electron chi connectivity index (χ3n) is 5.25. The van der Waals surface area contributed by atoms with E-state index in [0.717, 1.165) is 4.47 Å². The summed E-state index contributed by atoms with van der Waals surface area (Å²) in [6.07, 6.45) is 1.36. The van der Waals surface area contributed by atoms with Crippen LogP contribution in [0.25, 0.3) is 10.9 Å². The summed E-state index contributed by atoms with van der Waals surface area (Å²) in [6.45, 7) is 3.81. The van der Waals surface area contributed by atoms with Crippen LogP contribution in [0.15, 0.2) is 73.4 Å². The number of ether oxygens (including phenoxy) is 1. The summed E-state index contributed by atoms with van der Waals surface area (Å²) in [5.41, 5.74) is 0.917. The van der Waals surface area contributed by atoms with Crippen molar-refractivity contribution in [3.63, 3.8) is 0 Å². The van der Waals surface area contributed by atoms with E-state index in [1.54, 1.807) is 42.5 Å². The van der Waals surface area contributed by atoms with Crippen LogP contribution in [0.3, 0.4) is 0 Å². The Hall–Kier alpha value is -3.08. The van der Waals surface area contributed by atoms with Crippen molar-refractivity contribution in [2.24, 2.45) is 5.10 Å². The average molecular weight is 635 g/mol. The molecule has 184 valence electrons. The highest BCUT2D eigenvalue weighted by atomic mass is 79.9. The molecular weight excluding hydrogens is 616 g/mol. The molecule has 0 bridgehead atoms. The van der Waals surface area contributed by atoms with E-state index in [1.807, 2.05) is 19.9 Å². The van der Waals surface area contributed by atoms with E-state index in [4.69, 9.17) is 16.3 Å². The third kappa shape index (κ3) is 5.50. The minimum Gasteiger partial charge on any atom is -0.481 e. The Bertz CT molecular complexity index is 1570. The highest BCUT2D eigenvalue weighted by molar-refractivity contribution is 9.10. The first-order chi connectivity index (χ1) is 17.2. The Balaban J connectivity index is 1.84. The van der Waals surface area contributed by atoms with Gasteiger partial charge in [0, 0.05) is 37.1 Å². The number of hydrogen-bond acceptors (Lipinski definition) is 6. The van der Waals surface area contributed by atoms with Crippen LogP contribution in [0.4, 0.5) is 5.69 Å². The van der Waals surface area contributed by atoms with Gasteiger partial charge in [-0.15, -0.1) is 0 Å². The largest absolute Gasteiger partial charge is 0.481 e. The lowest BCUT2D eigenvalue weighted by atomic mass is 10.1. The van der Waals surface area contributed by atoms with E-state index in [1.165, 1.54) is 17.0 Å². The fraction of sp³-hybridized carbons (Fsp3) is 0.160. The maximum Gasteiger partial charge on any atom is 0.312 e. The molecule has 0 saturated carbocycles. The van der Waals surface area contributed by atoms with E-state index in [0.29, 0.717) is 37.3 Å². The molecule has 0 unspecified atom stereocenters. The molecule has 4 aromatic rings. The van der Waals surface area contributed by atoms with Crippen LogP contribution < -0.4 is 10.3 Å². The van der Waals surface area contributed by atoms with Gasteiger partial charge in [0.15, 0.2) is 0 Å². The fourth-order valence-corrected chi connectivity index (χ4v) is 4.54. The van der Waals surface area contributed by atoms with E-state index in [9.17, 15) is 14.9 Å². The maximum atomic E-state index is 13.3.